The summed E-state index contributed by atoms with van der Waals surface area (Å²) in [6.07, 6.45) is -0.849. The fourth-order valence-electron chi connectivity index (χ4n) is 4.53. The van der Waals surface area contributed by atoms with E-state index >= 15 is 0 Å². The molecule has 0 saturated heterocycles. The van der Waals surface area contributed by atoms with Crippen LogP contribution < -0.4 is 0 Å². The quantitative estimate of drug-likeness (QED) is 0.230. The van der Waals surface area contributed by atoms with Crippen LogP contribution in [0.4, 0.5) is 0 Å². The summed E-state index contributed by atoms with van der Waals surface area (Å²) in [4.78, 5) is 0. The van der Waals surface area contributed by atoms with Crippen molar-refractivity contribution in [3.63, 3.8) is 0 Å². The molecule has 0 atom stereocenters. The molecule has 0 aliphatic rings. The first-order valence-corrected chi connectivity index (χ1v) is 10.6. The Morgan fingerprint density at radius 1 is 0.472 bits per heavy atom. The summed E-state index contributed by atoms with van der Waals surface area (Å²) in [5, 5.41) is -3.14. The molecular weight excluding hydrogens is 440 g/mol. The SMILES string of the molecule is [2H]c1oc2c([2H])c([2H])c3c(oc4c([2H])c([2H])c([2H])c([2H])c43)c2c1-c1c2c([2H])c([2H])c([2H])c([2H])c2c(-c2c([2H])c([2H])c([2H])c([2H])c2[2H])c2c([2H])c([2H])c([2H])c([2H])c12. The van der Waals surface area contributed by atoms with Crippen molar-refractivity contribution in [3.05, 3.63) is 121 Å². The molecule has 0 unspecified atom stereocenters. The molecule has 8 aromatic rings. The zero-order valence-corrected chi connectivity index (χ0v) is 17.8. The third kappa shape index (κ3) is 2.61. The average Bonchev–Trinajstić information content (AvgIpc) is 3.74. The Bertz CT molecular complexity index is 3090. The van der Waals surface area contributed by atoms with E-state index in [0.29, 0.717) is 0 Å². The first kappa shape index (κ1) is 8.39. The normalized spacial score (nSPS) is 19.7. The van der Waals surface area contributed by atoms with Crippen LogP contribution in [-0.2, 0) is 0 Å². The Morgan fingerprint density at radius 3 is 1.75 bits per heavy atom. The first-order chi connectivity index (χ1) is 26.2. The second kappa shape index (κ2) is 7.34. The highest BCUT2D eigenvalue weighted by molar-refractivity contribution is 6.26. The van der Waals surface area contributed by atoms with E-state index in [1.165, 1.54) is 0 Å². The fraction of sp³-hybridized carbons (Fsp3) is 0. The Hall–Kier alpha value is -4.82. The van der Waals surface area contributed by atoms with Gasteiger partial charge >= 0.3 is 0 Å². The van der Waals surface area contributed by atoms with Crippen molar-refractivity contribution in [2.45, 2.75) is 0 Å². The third-order valence-corrected chi connectivity index (χ3v) is 5.97. The van der Waals surface area contributed by atoms with E-state index < -0.39 is 182 Å². The van der Waals surface area contributed by atoms with Crippen LogP contribution in [0.15, 0.2) is 130 Å². The van der Waals surface area contributed by atoms with Gasteiger partial charge in [-0.1, -0.05) is 96.7 Å². The summed E-state index contributed by atoms with van der Waals surface area (Å²) in [7, 11) is 0. The molecule has 0 spiro atoms. The molecule has 6 aromatic carbocycles. The van der Waals surface area contributed by atoms with E-state index in [0.717, 1.165) is 0 Å². The second-order valence-corrected chi connectivity index (χ2v) is 7.79. The number of rotatable bonds is 2. The van der Waals surface area contributed by atoms with Crippen molar-refractivity contribution in [2.75, 3.05) is 0 Å². The number of furan rings is 2. The number of hydrogen-bond acceptors (Lipinski definition) is 2. The zero-order valence-electron chi connectivity index (χ0n) is 37.8. The Labute approximate surface area is 235 Å². The molecule has 0 amide bonds. The fourth-order valence-corrected chi connectivity index (χ4v) is 4.53. The van der Waals surface area contributed by atoms with Crippen molar-refractivity contribution < 1.29 is 36.2 Å². The molecule has 2 heterocycles. The molecule has 0 aliphatic heterocycles. The molecule has 0 bridgehead atoms. The van der Waals surface area contributed by atoms with Gasteiger partial charge in [-0.2, -0.15) is 0 Å². The first-order valence-electron chi connectivity index (χ1n) is 20.6. The van der Waals surface area contributed by atoms with E-state index in [1.54, 1.807) is 0 Å². The van der Waals surface area contributed by atoms with Gasteiger partial charge in [0.25, 0.3) is 0 Å². The topological polar surface area (TPSA) is 26.3 Å². The number of hydrogen-bond donors (Lipinski definition) is 0. The van der Waals surface area contributed by atoms with Crippen LogP contribution in [0, 0.1) is 0 Å². The van der Waals surface area contributed by atoms with Crippen molar-refractivity contribution in [1.29, 1.82) is 0 Å². The van der Waals surface area contributed by atoms with Crippen LogP contribution in [0.1, 0.15) is 27.4 Å². The van der Waals surface area contributed by atoms with Gasteiger partial charge in [0, 0.05) is 21.9 Å². The molecule has 2 heteroatoms. The minimum Gasteiger partial charge on any atom is -0.464 e. The molecule has 0 aliphatic carbocycles. The molecule has 2 nitrogen and oxygen atoms in total. The molecule has 168 valence electrons. The Morgan fingerprint density at radius 2 is 1.06 bits per heavy atom. The minimum absolute atomic E-state index is 0.292. The van der Waals surface area contributed by atoms with Gasteiger partial charge in [-0.05, 0) is 50.8 Å². The molecule has 0 radical (unpaired) electrons. The highest BCUT2D eigenvalue weighted by Gasteiger charge is 2.22. The van der Waals surface area contributed by atoms with Gasteiger partial charge in [0.15, 0.2) is 0 Å². The summed E-state index contributed by atoms with van der Waals surface area (Å²) in [6.45, 7) is 0. The maximum Gasteiger partial charge on any atom is 0.147 e. The lowest BCUT2D eigenvalue weighted by Gasteiger charge is -2.17. The van der Waals surface area contributed by atoms with E-state index in [9.17, 15) is 2.74 Å². The lowest BCUT2D eigenvalue weighted by atomic mass is 9.86. The molecule has 0 fully saturated rings. The van der Waals surface area contributed by atoms with E-state index in [4.69, 9.17) is 33.5 Å². The smallest absolute Gasteiger partial charge is 0.147 e. The predicted molar refractivity (Wildman–Crippen MR) is 149 cm³/mol. The number of benzene rings is 6. The summed E-state index contributed by atoms with van der Waals surface area (Å²) >= 11 is 0. The zero-order chi connectivity index (χ0) is 41.0. The van der Waals surface area contributed by atoms with Crippen LogP contribution in [0.25, 0.3) is 76.7 Å². The second-order valence-electron chi connectivity index (χ2n) is 7.79. The van der Waals surface area contributed by atoms with Crippen LogP contribution in [-0.4, -0.2) is 0 Å². The van der Waals surface area contributed by atoms with Crippen molar-refractivity contribution in [3.8, 4) is 22.3 Å². The lowest BCUT2D eigenvalue weighted by Crippen LogP contribution is -1.90. The highest BCUT2D eigenvalue weighted by atomic mass is 16.3. The van der Waals surface area contributed by atoms with Gasteiger partial charge in [0.05, 0.1) is 37.7 Å². The molecule has 36 heavy (non-hydrogen) atoms. The molecule has 0 saturated carbocycles. The summed E-state index contributed by atoms with van der Waals surface area (Å²) in [5.41, 5.74) is -3.52. The largest absolute Gasteiger partial charge is 0.464 e. The summed E-state index contributed by atoms with van der Waals surface area (Å²) in [5.74, 6) is 0. The molecule has 2 aromatic heterocycles. The number of para-hydroxylation sites is 1. The number of fused-ring (bicyclic) bond motifs is 7. The summed E-state index contributed by atoms with van der Waals surface area (Å²) < 4.78 is 186. The van der Waals surface area contributed by atoms with Gasteiger partial charge < -0.3 is 8.83 Å². The van der Waals surface area contributed by atoms with Gasteiger partial charge in [-0.25, -0.2) is 0 Å². The maximum absolute atomic E-state index is 9.20. The third-order valence-electron chi connectivity index (χ3n) is 5.97. The lowest BCUT2D eigenvalue weighted by molar-refractivity contribution is 0.616. The van der Waals surface area contributed by atoms with Crippen molar-refractivity contribution in [1.82, 2.24) is 0 Å². The summed E-state index contributed by atoms with van der Waals surface area (Å²) in [6, 6.07) is -14.9. The van der Waals surface area contributed by atoms with Crippen LogP contribution in [0.2, 0.25) is 0 Å². The monoisotopic (exact) mass is 480 g/mol. The van der Waals surface area contributed by atoms with Gasteiger partial charge in [-0.3, -0.25) is 0 Å². The van der Waals surface area contributed by atoms with Crippen molar-refractivity contribution >= 4 is 54.5 Å². The van der Waals surface area contributed by atoms with Crippen LogP contribution in [0.5, 0.6) is 0 Å². The van der Waals surface area contributed by atoms with Gasteiger partial charge in [0.2, 0.25) is 0 Å². The Kier molecular flexibility index (Phi) is 1.71. The molecular formula is C34H20O2. The van der Waals surface area contributed by atoms with E-state index in [1.807, 2.05) is 0 Å². The maximum atomic E-state index is 9.20. The molecule has 8 rings (SSSR count). The average molecular weight is 481 g/mol. The van der Waals surface area contributed by atoms with Crippen LogP contribution >= 0.6 is 0 Å². The van der Waals surface area contributed by atoms with E-state index in [-0.39, 0.29) is 16.2 Å². The van der Waals surface area contributed by atoms with E-state index in [2.05, 4.69) is 0 Å². The Balaban J connectivity index is 1.78. The predicted octanol–water partition coefficient (Wildman–Crippen LogP) is 9.97. The van der Waals surface area contributed by atoms with Crippen molar-refractivity contribution in [2.24, 2.45) is 0 Å². The van der Waals surface area contributed by atoms with Gasteiger partial charge in [0.1, 0.15) is 18.1 Å². The molecule has 0 N–H and O–H groups in total. The van der Waals surface area contributed by atoms with Crippen LogP contribution in [0.3, 0.4) is 0 Å². The standard InChI is InChI=1S/C34H20O2/c1-2-10-21(11-3-1)31-23-13-4-6-15-25(23)32(26-16-7-5-14-24(26)31)28-20-35-30-19-18-27-22-12-8-9-17-29(22)36-34(27)33(28)30/h1-20H/i1D,2D,3D,4D,5D,6D,7D,8D,9D,10D,11D,12D,13D,14D,15D,16D,17D,18D,19D,20D. The minimum atomic E-state index is -0.860. The van der Waals surface area contributed by atoms with Gasteiger partial charge in [-0.15, -0.1) is 0 Å². The highest BCUT2D eigenvalue weighted by Crippen LogP contribution is 2.47.